The first-order valence-electron chi connectivity index (χ1n) is 3.77. The van der Waals surface area contributed by atoms with Gasteiger partial charge >= 0.3 is 0 Å². The maximum absolute atomic E-state index is 5.03. The quantitative estimate of drug-likeness (QED) is 0.658. The van der Waals surface area contributed by atoms with Crippen LogP contribution in [0.15, 0.2) is 12.3 Å². The Labute approximate surface area is 67.6 Å². The molecule has 0 aliphatic heterocycles. The molecule has 1 N–H and O–H groups in total. The number of rotatable bonds is 1. The summed E-state index contributed by atoms with van der Waals surface area (Å²) in [5.74, 6) is 0.829. The molecule has 0 amide bonds. The van der Waals surface area contributed by atoms with Crippen molar-refractivity contribution in [1.82, 2.24) is 4.98 Å². The van der Waals surface area contributed by atoms with Crippen LogP contribution in [0.25, 0.3) is 0 Å². The molecule has 1 rings (SSSR count). The molecular formula is C9H15NO. The van der Waals surface area contributed by atoms with Crippen molar-refractivity contribution in [2.75, 3.05) is 7.11 Å². The smallest absolute Gasteiger partial charge is 0.190 e. The zero-order valence-electron chi connectivity index (χ0n) is 7.56. The van der Waals surface area contributed by atoms with Crippen LogP contribution in [-0.4, -0.2) is 12.1 Å². The van der Waals surface area contributed by atoms with Crippen LogP contribution >= 0.6 is 0 Å². The molecule has 0 fully saturated rings. The van der Waals surface area contributed by atoms with Crippen LogP contribution in [-0.2, 0) is 5.41 Å². The van der Waals surface area contributed by atoms with Crippen molar-refractivity contribution in [3.8, 4) is 5.88 Å². The molecule has 0 atom stereocenters. The highest BCUT2D eigenvalue weighted by Crippen LogP contribution is 2.24. The van der Waals surface area contributed by atoms with Crippen molar-refractivity contribution in [1.29, 1.82) is 0 Å². The van der Waals surface area contributed by atoms with Crippen molar-refractivity contribution < 1.29 is 4.74 Å². The van der Waals surface area contributed by atoms with Gasteiger partial charge in [0.25, 0.3) is 0 Å². The van der Waals surface area contributed by atoms with E-state index in [2.05, 4.69) is 25.8 Å². The van der Waals surface area contributed by atoms with E-state index in [4.69, 9.17) is 4.74 Å². The lowest BCUT2D eigenvalue weighted by Crippen LogP contribution is -2.09. The fraction of sp³-hybridized carbons (Fsp3) is 0.556. The second-order valence-corrected chi connectivity index (χ2v) is 3.71. The molecule has 1 aromatic heterocycles. The van der Waals surface area contributed by atoms with Gasteiger partial charge in [0.1, 0.15) is 0 Å². The molecule has 0 bridgehead atoms. The Morgan fingerprint density at radius 3 is 2.27 bits per heavy atom. The number of methoxy groups -OCH3 is 1. The molecule has 0 spiro atoms. The van der Waals surface area contributed by atoms with E-state index < -0.39 is 0 Å². The SMILES string of the molecule is COc1cc(C(C)(C)C)c[nH]1. The minimum absolute atomic E-state index is 0.202. The molecule has 11 heavy (non-hydrogen) atoms. The van der Waals surface area contributed by atoms with E-state index >= 15 is 0 Å². The minimum Gasteiger partial charge on any atom is -0.482 e. The molecule has 62 valence electrons. The van der Waals surface area contributed by atoms with Gasteiger partial charge in [-0.05, 0) is 11.0 Å². The molecule has 0 saturated heterocycles. The molecular weight excluding hydrogens is 138 g/mol. The van der Waals surface area contributed by atoms with Crippen molar-refractivity contribution in [3.63, 3.8) is 0 Å². The minimum atomic E-state index is 0.202. The van der Waals surface area contributed by atoms with E-state index in [1.807, 2.05) is 12.3 Å². The zero-order valence-corrected chi connectivity index (χ0v) is 7.56. The zero-order chi connectivity index (χ0) is 8.48. The van der Waals surface area contributed by atoms with Gasteiger partial charge in [-0.25, -0.2) is 0 Å². The van der Waals surface area contributed by atoms with E-state index in [1.165, 1.54) is 5.56 Å². The Morgan fingerprint density at radius 1 is 1.36 bits per heavy atom. The summed E-state index contributed by atoms with van der Waals surface area (Å²) in [6, 6.07) is 2.03. The standard InChI is InChI=1S/C9H15NO/c1-9(2,3)7-5-8(11-4)10-6-7/h5-6,10H,1-4H3. The summed E-state index contributed by atoms with van der Waals surface area (Å²) in [7, 11) is 1.66. The topological polar surface area (TPSA) is 25.0 Å². The summed E-state index contributed by atoms with van der Waals surface area (Å²) >= 11 is 0. The third kappa shape index (κ3) is 1.76. The molecule has 1 aromatic rings. The summed E-state index contributed by atoms with van der Waals surface area (Å²) in [4.78, 5) is 3.04. The van der Waals surface area contributed by atoms with Crippen LogP contribution in [0.2, 0.25) is 0 Å². The summed E-state index contributed by atoms with van der Waals surface area (Å²) in [6.07, 6.45) is 1.98. The Balaban J connectivity index is 2.89. The first-order valence-corrected chi connectivity index (χ1v) is 3.77. The van der Waals surface area contributed by atoms with Crippen molar-refractivity contribution in [3.05, 3.63) is 17.8 Å². The molecule has 2 nitrogen and oxygen atoms in total. The molecule has 1 heterocycles. The molecule has 0 saturated carbocycles. The molecule has 2 heteroatoms. The second-order valence-electron chi connectivity index (χ2n) is 3.71. The number of aromatic amines is 1. The molecule has 0 aliphatic rings. The van der Waals surface area contributed by atoms with Gasteiger partial charge in [0.2, 0.25) is 0 Å². The maximum Gasteiger partial charge on any atom is 0.190 e. The molecule has 0 radical (unpaired) electrons. The van der Waals surface area contributed by atoms with Gasteiger partial charge in [-0.3, -0.25) is 0 Å². The summed E-state index contributed by atoms with van der Waals surface area (Å²) in [5, 5.41) is 0. The van der Waals surface area contributed by atoms with Gasteiger partial charge in [-0.1, -0.05) is 20.8 Å². The monoisotopic (exact) mass is 153 g/mol. The van der Waals surface area contributed by atoms with Gasteiger partial charge in [-0.2, -0.15) is 0 Å². The van der Waals surface area contributed by atoms with E-state index in [1.54, 1.807) is 7.11 Å². The Bertz CT molecular complexity index is 232. The van der Waals surface area contributed by atoms with Gasteiger partial charge in [0.15, 0.2) is 5.88 Å². The Morgan fingerprint density at radius 2 is 2.00 bits per heavy atom. The molecule has 0 aromatic carbocycles. The fourth-order valence-electron chi connectivity index (χ4n) is 0.924. The number of hydrogen-bond donors (Lipinski definition) is 1. The summed E-state index contributed by atoms with van der Waals surface area (Å²) < 4.78 is 5.03. The van der Waals surface area contributed by atoms with Crippen LogP contribution in [0.3, 0.4) is 0 Å². The van der Waals surface area contributed by atoms with Crippen LogP contribution in [0.5, 0.6) is 5.88 Å². The lowest BCUT2D eigenvalue weighted by Gasteiger charge is -2.15. The lowest BCUT2D eigenvalue weighted by atomic mass is 9.89. The largest absolute Gasteiger partial charge is 0.482 e. The van der Waals surface area contributed by atoms with E-state index in [0.717, 1.165) is 5.88 Å². The lowest BCUT2D eigenvalue weighted by molar-refractivity contribution is 0.400. The highest BCUT2D eigenvalue weighted by atomic mass is 16.5. The van der Waals surface area contributed by atoms with Crippen molar-refractivity contribution in [2.45, 2.75) is 26.2 Å². The number of aromatic nitrogens is 1. The van der Waals surface area contributed by atoms with Crippen molar-refractivity contribution >= 4 is 0 Å². The normalized spacial score (nSPS) is 11.6. The third-order valence-corrected chi connectivity index (χ3v) is 1.74. The average molecular weight is 153 g/mol. The van der Waals surface area contributed by atoms with Crippen LogP contribution in [0.4, 0.5) is 0 Å². The second kappa shape index (κ2) is 2.61. The van der Waals surface area contributed by atoms with E-state index in [9.17, 15) is 0 Å². The maximum atomic E-state index is 5.03. The number of nitrogens with one attached hydrogen (secondary N) is 1. The van der Waals surface area contributed by atoms with Crippen LogP contribution < -0.4 is 4.74 Å². The van der Waals surface area contributed by atoms with Gasteiger partial charge in [-0.15, -0.1) is 0 Å². The van der Waals surface area contributed by atoms with Crippen molar-refractivity contribution in [2.24, 2.45) is 0 Å². The Hall–Kier alpha value is -0.920. The molecule has 0 aliphatic carbocycles. The highest BCUT2D eigenvalue weighted by molar-refractivity contribution is 5.26. The third-order valence-electron chi connectivity index (χ3n) is 1.74. The first-order chi connectivity index (χ1) is 5.04. The predicted molar refractivity (Wildman–Crippen MR) is 46.0 cm³/mol. The van der Waals surface area contributed by atoms with Crippen LogP contribution in [0, 0.1) is 0 Å². The fourth-order valence-corrected chi connectivity index (χ4v) is 0.924. The number of ether oxygens (including phenoxy) is 1. The van der Waals surface area contributed by atoms with E-state index in [0.29, 0.717) is 0 Å². The average Bonchev–Trinajstić information content (AvgIpc) is 2.32. The predicted octanol–water partition coefficient (Wildman–Crippen LogP) is 2.32. The number of hydrogen-bond acceptors (Lipinski definition) is 1. The summed E-state index contributed by atoms with van der Waals surface area (Å²) in [5.41, 5.74) is 1.47. The van der Waals surface area contributed by atoms with Crippen LogP contribution in [0.1, 0.15) is 26.3 Å². The van der Waals surface area contributed by atoms with E-state index in [-0.39, 0.29) is 5.41 Å². The highest BCUT2D eigenvalue weighted by Gasteiger charge is 2.14. The summed E-state index contributed by atoms with van der Waals surface area (Å²) in [6.45, 7) is 6.53. The first kappa shape index (κ1) is 8.18. The van der Waals surface area contributed by atoms with Gasteiger partial charge < -0.3 is 9.72 Å². The van der Waals surface area contributed by atoms with Gasteiger partial charge in [0.05, 0.1) is 7.11 Å². The Kier molecular flexibility index (Phi) is 1.94. The number of H-pyrrole nitrogens is 1. The van der Waals surface area contributed by atoms with Gasteiger partial charge in [0, 0.05) is 12.3 Å². The molecule has 0 unspecified atom stereocenters.